The van der Waals surface area contributed by atoms with E-state index < -0.39 is 37.2 Å². The minimum absolute atomic E-state index is 0.603. The molecule has 0 aromatic carbocycles. The van der Waals surface area contributed by atoms with Crippen LogP contribution in [0.15, 0.2) is 0 Å². The Labute approximate surface area is 69.2 Å². The summed E-state index contributed by atoms with van der Waals surface area (Å²) < 4.78 is 0. The van der Waals surface area contributed by atoms with Crippen LogP contribution in [-0.4, -0.2) is 57.7 Å². The molecule has 0 heterocycles. The lowest BCUT2D eigenvalue weighted by Crippen LogP contribution is -2.47. The van der Waals surface area contributed by atoms with Crippen LogP contribution in [0.2, 0.25) is 0 Å². The molecule has 0 radical (unpaired) electrons. The number of carbonyl (C=O) groups is 1. The Hall–Kier alpha value is -0.530. The van der Waals surface area contributed by atoms with Gasteiger partial charge in [0.15, 0.2) is 5.78 Å². The molecule has 0 aliphatic heterocycles. The molecule has 6 N–H and O–H groups in total. The van der Waals surface area contributed by atoms with Gasteiger partial charge < -0.3 is 26.2 Å². The Morgan fingerprint density at radius 1 is 1.25 bits per heavy atom. The Balaban J connectivity index is 4.09. The van der Waals surface area contributed by atoms with Gasteiger partial charge in [-0.1, -0.05) is 0 Å². The van der Waals surface area contributed by atoms with Gasteiger partial charge in [0.05, 0.1) is 19.3 Å². The maximum atomic E-state index is 10.9. The van der Waals surface area contributed by atoms with Crippen molar-refractivity contribution in [2.75, 3.05) is 13.2 Å². The summed E-state index contributed by atoms with van der Waals surface area (Å²) in [5.41, 5.74) is 5.06. The van der Waals surface area contributed by atoms with Gasteiger partial charge >= 0.3 is 0 Å². The summed E-state index contributed by atoms with van der Waals surface area (Å²) in [5.74, 6) is -0.890. The Kier molecular flexibility index (Phi) is 4.95. The molecule has 0 spiro atoms. The minimum Gasteiger partial charge on any atom is -0.394 e. The molecule has 0 aliphatic rings. The zero-order valence-corrected chi connectivity index (χ0v) is 6.42. The van der Waals surface area contributed by atoms with Crippen LogP contribution < -0.4 is 5.73 Å². The molecule has 6 nitrogen and oxygen atoms in total. The highest BCUT2D eigenvalue weighted by molar-refractivity contribution is 5.88. The smallest absolute Gasteiger partial charge is 0.182 e. The van der Waals surface area contributed by atoms with Crippen molar-refractivity contribution in [2.45, 2.75) is 18.2 Å². The summed E-state index contributed by atoms with van der Waals surface area (Å²) in [7, 11) is 0. The van der Waals surface area contributed by atoms with Crippen LogP contribution in [0.1, 0.15) is 0 Å². The fourth-order valence-electron chi connectivity index (χ4n) is 0.599. The maximum Gasteiger partial charge on any atom is 0.182 e. The van der Waals surface area contributed by atoms with E-state index in [2.05, 4.69) is 0 Å². The quantitative estimate of drug-likeness (QED) is 0.299. The summed E-state index contributed by atoms with van der Waals surface area (Å²) in [6.45, 7) is -1.33. The van der Waals surface area contributed by atoms with Crippen LogP contribution in [0.3, 0.4) is 0 Å². The van der Waals surface area contributed by atoms with E-state index in [9.17, 15) is 4.79 Å². The Morgan fingerprint density at radius 2 is 1.75 bits per heavy atom. The first kappa shape index (κ1) is 11.5. The lowest BCUT2D eigenvalue weighted by atomic mass is 10.0. The van der Waals surface area contributed by atoms with Gasteiger partial charge in [0.25, 0.3) is 0 Å². The fourth-order valence-corrected chi connectivity index (χ4v) is 0.599. The van der Waals surface area contributed by atoms with Gasteiger partial charge in [-0.25, -0.2) is 0 Å². The van der Waals surface area contributed by atoms with Gasteiger partial charge in [-0.2, -0.15) is 0 Å². The van der Waals surface area contributed by atoms with Crippen molar-refractivity contribution < 1.29 is 25.2 Å². The first-order chi connectivity index (χ1) is 5.54. The molecule has 72 valence electrons. The van der Waals surface area contributed by atoms with Gasteiger partial charge in [-0.15, -0.1) is 0 Å². The second kappa shape index (κ2) is 5.18. The van der Waals surface area contributed by atoms with Crippen LogP contribution in [-0.2, 0) is 4.79 Å². The van der Waals surface area contributed by atoms with E-state index in [1.165, 1.54) is 0 Å². The highest BCUT2D eigenvalue weighted by Gasteiger charge is 2.27. The number of nitrogens with two attached hydrogens (primary N) is 1. The number of hydrogen-bond donors (Lipinski definition) is 5. The number of hydrogen-bond acceptors (Lipinski definition) is 6. The van der Waals surface area contributed by atoms with Crippen LogP contribution in [0, 0.1) is 0 Å². The lowest BCUT2D eigenvalue weighted by molar-refractivity contribution is -0.136. The summed E-state index contributed by atoms with van der Waals surface area (Å²) in [6, 6.07) is -1.22. The van der Waals surface area contributed by atoms with Crippen LogP contribution >= 0.6 is 0 Å². The van der Waals surface area contributed by atoms with Crippen molar-refractivity contribution in [2.24, 2.45) is 5.73 Å². The standard InChI is InChI=1S/C6H13NO5/c7-3(1-8)5(11)6(12)4(10)2-9/h3-4,6,8-10,12H,1-2,7H2/t3-,4-,6+/m0/s1. The predicted molar refractivity (Wildman–Crippen MR) is 39.2 cm³/mol. The van der Waals surface area contributed by atoms with Crippen molar-refractivity contribution in [3.05, 3.63) is 0 Å². The zero-order valence-electron chi connectivity index (χ0n) is 6.42. The van der Waals surface area contributed by atoms with Crippen LogP contribution in [0.25, 0.3) is 0 Å². The molecule has 12 heavy (non-hydrogen) atoms. The molecule has 3 atom stereocenters. The normalized spacial score (nSPS) is 18.4. The average molecular weight is 179 g/mol. The molecule has 0 fully saturated rings. The van der Waals surface area contributed by atoms with Gasteiger partial charge in [-0.05, 0) is 0 Å². The van der Waals surface area contributed by atoms with E-state index in [0.717, 1.165) is 0 Å². The number of carbonyl (C=O) groups excluding carboxylic acids is 1. The van der Waals surface area contributed by atoms with Crippen molar-refractivity contribution >= 4 is 5.78 Å². The van der Waals surface area contributed by atoms with E-state index in [4.69, 9.17) is 26.2 Å². The minimum atomic E-state index is -1.74. The van der Waals surface area contributed by atoms with E-state index in [0.29, 0.717) is 0 Å². The van der Waals surface area contributed by atoms with Crippen LogP contribution in [0.5, 0.6) is 0 Å². The maximum absolute atomic E-state index is 10.9. The third-order valence-corrected chi connectivity index (χ3v) is 1.41. The van der Waals surface area contributed by atoms with E-state index in [1.807, 2.05) is 0 Å². The first-order valence-corrected chi connectivity index (χ1v) is 3.41. The lowest BCUT2D eigenvalue weighted by Gasteiger charge is -2.16. The first-order valence-electron chi connectivity index (χ1n) is 3.41. The molecule has 0 aromatic heterocycles. The monoisotopic (exact) mass is 179 g/mol. The summed E-state index contributed by atoms with van der Waals surface area (Å²) in [4.78, 5) is 10.9. The molecule has 0 bridgehead atoms. The molecule has 0 saturated carbocycles. The summed E-state index contributed by atoms with van der Waals surface area (Å²) >= 11 is 0. The molecule has 0 aliphatic carbocycles. The highest BCUT2D eigenvalue weighted by atomic mass is 16.4. The molecule has 0 saturated heterocycles. The highest BCUT2D eigenvalue weighted by Crippen LogP contribution is 1.96. The van der Waals surface area contributed by atoms with Gasteiger partial charge in [0.1, 0.15) is 12.2 Å². The van der Waals surface area contributed by atoms with Gasteiger partial charge in [-0.3, -0.25) is 4.79 Å². The summed E-state index contributed by atoms with van der Waals surface area (Å²) in [5, 5.41) is 34.5. The third-order valence-electron chi connectivity index (χ3n) is 1.41. The zero-order chi connectivity index (χ0) is 9.72. The van der Waals surface area contributed by atoms with Gasteiger partial charge in [0, 0.05) is 0 Å². The number of aliphatic hydroxyl groups excluding tert-OH is 4. The Morgan fingerprint density at radius 3 is 2.08 bits per heavy atom. The fraction of sp³-hybridized carbons (Fsp3) is 0.833. The topological polar surface area (TPSA) is 124 Å². The number of aliphatic hydroxyl groups is 4. The Bertz CT molecular complexity index is 151. The largest absolute Gasteiger partial charge is 0.394 e. The number of Topliss-reactive ketones (excluding diaryl/α,β-unsaturated/α-hetero) is 1. The molecular formula is C6H13NO5. The van der Waals surface area contributed by atoms with Gasteiger partial charge in [0.2, 0.25) is 0 Å². The molecule has 0 aromatic rings. The van der Waals surface area contributed by atoms with Crippen molar-refractivity contribution in [3.63, 3.8) is 0 Å². The molecule has 0 rings (SSSR count). The second-order valence-corrected chi connectivity index (χ2v) is 2.39. The van der Waals surface area contributed by atoms with E-state index in [-0.39, 0.29) is 0 Å². The number of ketones is 1. The average Bonchev–Trinajstić information content (AvgIpc) is 2.12. The van der Waals surface area contributed by atoms with E-state index in [1.54, 1.807) is 0 Å². The van der Waals surface area contributed by atoms with Crippen molar-refractivity contribution in [3.8, 4) is 0 Å². The van der Waals surface area contributed by atoms with Crippen molar-refractivity contribution in [1.29, 1.82) is 0 Å². The van der Waals surface area contributed by atoms with Crippen molar-refractivity contribution in [1.82, 2.24) is 0 Å². The molecule has 6 heteroatoms. The molecular weight excluding hydrogens is 166 g/mol. The second-order valence-electron chi connectivity index (χ2n) is 2.39. The predicted octanol–water partition coefficient (Wildman–Crippen LogP) is -3.41. The number of rotatable bonds is 5. The SMILES string of the molecule is N[C@@H](CO)C(=O)[C@H](O)[C@@H](O)CO. The summed E-state index contributed by atoms with van der Waals surface area (Å²) in [6.07, 6.45) is -3.28. The molecule has 0 amide bonds. The third kappa shape index (κ3) is 2.84. The molecule has 0 unspecified atom stereocenters. The van der Waals surface area contributed by atoms with Crippen LogP contribution in [0.4, 0.5) is 0 Å². The van der Waals surface area contributed by atoms with E-state index >= 15 is 0 Å².